The summed E-state index contributed by atoms with van der Waals surface area (Å²) in [6.45, 7) is 4.30. The standard InChI is InChI=1S/C22H31N3O4/c1-3-20(26)25-12-6-7-17(15-25)22(28)24-13-10-16(11-14-24)21(27)23-18-8-4-5-9-19(18)29-2/h4-5,8-9,16-17H,3,6-7,10-15H2,1-2H3,(H,23,27). The van der Waals surface area contributed by atoms with Crippen molar-refractivity contribution in [3.05, 3.63) is 24.3 Å². The maximum absolute atomic E-state index is 12.9. The van der Waals surface area contributed by atoms with Gasteiger partial charge in [0.05, 0.1) is 18.7 Å². The van der Waals surface area contributed by atoms with Crippen LogP contribution in [-0.4, -0.2) is 60.8 Å². The Morgan fingerprint density at radius 2 is 1.76 bits per heavy atom. The monoisotopic (exact) mass is 401 g/mol. The lowest BCUT2D eigenvalue weighted by Crippen LogP contribution is -2.49. The number of nitrogens with zero attached hydrogens (tertiary/aromatic N) is 2. The van der Waals surface area contributed by atoms with Crippen LogP contribution in [0.4, 0.5) is 5.69 Å². The number of methoxy groups -OCH3 is 1. The average molecular weight is 402 g/mol. The van der Waals surface area contributed by atoms with Crippen LogP contribution in [-0.2, 0) is 14.4 Å². The minimum Gasteiger partial charge on any atom is -0.495 e. The summed E-state index contributed by atoms with van der Waals surface area (Å²) < 4.78 is 5.29. The molecule has 1 N–H and O–H groups in total. The number of carbonyl (C=O) groups is 3. The molecule has 0 radical (unpaired) electrons. The van der Waals surface area contributed by atoms with Gasteiger partial charge in [0.15, 0.2) is 0 Å². The van der Waals surface area contributed by atoms with E-state index in [4.69, 9.17) is 4.74 Å². The lowest BCUT2D eigenvalue weighted by Gasteiger charge is -2.37. The number of benzene rings is 1. The van der Waals surface area contributed by atoms with Gasteiger partial charge in [-0.1, -0.05) is 19.1 Å². The number of piperidine rings is 2. The third-order valence-electron chi connectivity index (χ3n) is 5.97. The number of likely N-dealkylation sites (tertiary alicyclic amines) is 2. The molecule has 7 nitrogen and oxygen atoms in total. The van der Waals surface area contributed by atoms with Crippen molar-refractivity contribution >= 4 is 23.4 Å². The third-order valence-corrected chi connectivity index (χ3v) is 5.97. The van der Waals surface area contributed by atoms with E-state index in [-0.39, 0.29) is 29.6 Å². The van der Waals surface area contributed by atoms with Crippen LogP contribution >= 0.6 is 0 Å². The number of anilines is 1. The summed E-state index contributed by atoms with van der Waals surface area (Å²) in [5, 5.41) is 2.95. The molecule has 0 spiro atoms. The first-order valence-corrected chi connectivity index (χ1v) is 10.5. The Morgan fingerprint density at radius 3 is 2.45 bits per heavy atom. The normalized spacial score (nSPS) is 20.3. The van der Waals surface area contributed by atoms with Crippen molar-refractivity contribution in [2.45, 2.75) is 39.0 Å². The smallest absolute Gasteiger partial charge is 0.227 e. The predicted molar refractivity (Wildman–Crippen MR) is 111 cm³/mol. The summed E-state index contributed by atoms with van der Waals surface area (Å²) in [6.07, 6.45) is 3.49. The van der Waals surface area contributed by atoms with Crippen LogP contribution in [0, 0.1) is 11.8 Å². The molecule has 2 heterocycles. The number of nitrogens with one attached hydrogen (secondary N) is 1. The number of hydrogen-bond donors (Lipinski definition) is 1. The topological polar surface area (TPSA) is 79.0 Å². The summed E-state index contributed by atoms with van der Waals surface area (Å²) in [4.78, 5) is 41.2. The first-order chi connectivity index (χ1) is 14.0. The molecule has 2 saturated heterocycles. The zero-order valence-electron chi connectivity index (χ0n) is 17.4. The highest BCUT2D eigenvalue weighted by atomic mass is 16.5. The lowest BCUT2D eigenvalue weighted by molar-refractivity contribution is -0.142. The molecular formula is C22H31N3O4. The minimum absolute atomic E-state index is 0.0287. The maximum Gasteiger partial charge on any atom is 0.227 e. The van der Waals surface area contributed by atoms with Gasteiger partial charge in [0.1, 0.15) is 5.75 Å². The van der Waals surface area contributed by atoms with E-state index in [1.165, 1.54) is 0 Å². The van der Waals surface area contributed by atoms with Crippen molar-refractivity contribution in [3.63, 3.8) is 0 Å². The van der Waals surface area contributed by atoms with Gasteiger partial charge in [0, 0.05) is 38.5 Å². The van der Waals surface area contributed by atoms with Crippen LogP contribution < -0.4 is 10.1 Å². The Balaban J connectivity index is 1.51. The van der Waals surface area contributed by atoms with Crippen molar-refractivity contribution in [1.82, 2.24) is 9.80 Å². The van der Waals surface area contributed by atoms with E-state index in [0.29, 0.717) is 50.3 Å². The van der Waals surface area contributed by atoms with Gasteiger partial charge in [0.2, 0.25) is 17.7 Å². The highest BCUT2D eigenvalue weighted by Gasteiger charge is 2.34. The van der Waals surface area contributed by atoms with Crippen molar-refractivity contribution in [2.24, 2.45) is 11.8 Å². The molecule has 2 fully saturated rings. The lowest BCUT2D eigenvalue weighted by atomic mass is 9.92. The molecule has 3 rings (SSSR count). The second kappa shape index (κ2) is 9.76. The number of amides is 3. The van der Waals surface area contributed by atoms with Crippen LogP contribution in [0.25, 0.3) is 0 Å². The molecule has 2 aliphatic heterocycles. The second-order valence-corrected chi connectivity index (χ2v) is 7.82. The summed E-state index contributed by atoms with van der Waals surface area (Å²) in [7, 11) is 1.58. The molecule has 1 aromatic rings. The molecule has 7 heteroatoms. The van der Waals surface area contributed by atoms with Crippen molar-refractivity contribution in [3.8, 4) is 5.75 Å². The molecule has 0 bridgehead atoms. The van der Waals surface area contributed by atoms with Crippen molar-refractivity contribution in [2.75, 3.05) is 38.6 Å². The molecule has 0 aliphatic carbocycles. The van der Waals surface area contributed by atoms with E-state index in [1.807, 2.05) is 41.0 Å². The maximum atomic E-state index is 12.9. The Kier molecular flexibility index (Phi) is 7.12. The summed E-state index contributed by atoms with van der Waals surface area (Å²) in [5.41, 5.74) is 0.668. The van der Waals surface area contributed by atoms with Crippen molar-refractivity contribution in [1.29, 1.82) is 0 Å². The van der Waals surface area contributed by atoms with Gasteiger partial charge in [0.25, 0.3) is 0 Å². The molecule has 1 atom stereocenters. The molecule has 3 amide bonds. The summed E-state index contributed by atoms with van der Waals surface area (Å²) in [5.74, 6) is 0.624. The van der Waals surface area contributed by atoms with E-state index in [0.717, 1.165) is 19.4 Å². The largest absolute Gasteiger partial charge is 0.495 e. The predicted octanol–water partition coefficient (Wildman–Crippen LogP) is 2.52. The van der Waals surface area contributed by atoms with E-state index in [2.05, 4.69) is 5.32 Å². The van der Waals surface area contributed by atoms with Crippen LogP contribution in [0.1, 0.15) is 39.0 Å². The quantitative estimate of drug-likeness (QED) is 0.822. The number of para-hydroxylation sites is 2. The Bertz CT molecular complexity index is 743. The molecule has 0 saturated carbocycles. The summed E-state index contributed by atoms with van der Waals surface area (Å²) >= 11 is 0. The molecule has 158 valence electrons. The first-order valence-electron chi connectivity index (χ1n) is 10.5. The van der Waals surface area contributed by atoms with Gasteiger partial charge >= 0.3 is 0 Å². The second-order valence-electron chi connectivity index (χ2n) is 7.82. The number of carbonyl (C=O) groups excluding carboxylic acids is 3. The minimum atomic E-state index is -0.117. The average Bonchev–Trinajstić information content (AvgIpc) is 2.78. The fourth-order valence-electron chi connectivity index (χ4n) is 4.23. The first kappa shape index (κ1) is 21.1. The van der Waals surface area contributed by atoms with Gasteiger partial charge in [-0.15, -0.1) is 0 Å². The van der Waals surface area contributed by atoms with E-state index in [9.17, 15) is 14.4 Å². The Hall–Kier alpha value is -2.57. The third kappa shape index (κ3) is 5.08. The molecule has 1 unspecified atom stereocenters. The summed E-state index contributed by atoms with van der Waals surface area (Å²) in [6, 6.07) is 7.35. The number of hydrogen-bond acceptors (Lipinski definition) is 4. The van der Waals surface area contributed by atoms with Crippen LogP contribution in [0.2, 0.25) is 0 Å². The fourth-order valence-corrected chi connectivity index (χ4v) is 4.23. The van der Waals surface area contributed by atoms with Gasteiger partial charge in [-0.3, -0.25) is 14.4 Å². The molecule has 0 aromatic heterocycles. The van der Waals surface area contributed by atoms with E-state index < -0.39 is 0 Å². The van der Waals surface area contributed by atoms with E-state index in [1.54, 1.807) is 7.11 Å². The Morgan fingerprint density at radius 1 is 1.03 bits per heavy atom. The van der Waals surface area contributed by atoms with Crippen molar-refractivity contribution < 1.29 is 19.1 Å². The highest BCUT2D eigenvalue weighted by molar-refractivity contribution is 5.94. The molecule has 2 aliphatic rings. The van der Waals surface area contributed by atoms with Gasteiger partial charge in [-0.25, -0.2) is 0 Å². The highest BCUT2D eigenvalue weighted by Crippen LogP contribution is 2.27. The number of ether oxygens (including phenoxy) is 1. The van der Waals surface area contributed by atoms with Crippen LogP contribution in [0.15, 0.2) is 24.3 Å². The van der Waals surface area contributed by atoms with Gasteiger partial charge < -0.3 is 19.9 Å². The Labute approximate surface area is 172 Å². The molecule has 1 aromatic carbocycles. The zero-order chi connectivity index (χ0) is 20.8. The fraction of sp³-hybridized carbons (Fsp3) is 0.591. The zero-order valence-corrected chi connectivity index (χ0v) is 17.4. The SMILES string of the molecule is CCC(=O)N1CCCC(C(=O)N2CCC(C(=O)Nc3ccccc3OC)CC2)C1. The van der Waals surface area contributed by atoms with Gasteiger partial charge in [-0.05, 0) is 37.8 Å². The molecular weight excluding hydrogens is 370 g/mol. The van der Waals surface area contributed by atoms with Gasteiger partial charge in [-0.2, -0.15) is 0 Å². The molecule has 29 heavy (non-hydrogen) atoms. The van der Waals surface area contributed by atoms with E-state index >= 15 is 0 Å². The number of rotatable bonds is 5. The van der Waals surface area contributed by atoms with Crippen LogP contribution in [0.5, 0.6) is 5.75 Å². The van der Waals surface area contributed by atoms with Crippen LogP contribution in [0.3, 0.4) is 0 Å².